The van der Waals surface area contributed by atoms with E-state index < -0.39 is 10.0 Å². The van der Waals surface area contributed by atoms with Crippen molar-refractivity contribution < 1.29 is 18.3 Å². The van der Waals surface area contributed by atoms with Gasteiger partial charge in [-0.15, -0.1) is 0 Å². The number of ether oxygens (including phenoxy) is 1. The van der Waals surface area contributed by atoms with Gasteiger partial charge in [0.25, 0.3) is 0 Å². The maximum atomic E-state index is 12.7. The summed E-state index contributed by atoms with van der Waals surface area (Å²) in [4.78, 5) is 0.188. The fourth-order valence-electron chi connectivity index (χ4n) is 2.49. The Morgan fingerprint density at radius 3 is 2.90 bits per heavy atom. The molecule has 1 saturated heterocycles. The minimum Gasteiger partial charge on any atom is -0.497 e. The Bertz CT molecular complexity index is 556. The van der Waals surface area contributed by atoms with Gasteiger partial charge in [-0.2, -0.15) is 4.31 Å². The van der Waals surface area contributed by atoms with Gasteiger partial charge in [0, 0.05) is 25.2 Å². The summed E-state index contributed by atoms with van der Waals surface area (Å²) in [6.45, 7) is 1.19. The lowest BCUT2D eigenvalue weighted by Crippen LogP contribution is -2.42. The minimum absolute atomic E-state index is 0.0950. The van der Waals surface area contributed by atoms with Crippen LogP contribution in [0.4, 0.5) is 0 Å². The van der Waals surface area contributed by atoms with Crippen molar-refractivity contribution in [2.75, 3.05) is 33.4 Å². The van der Waals surface area contributed by atoms with Gasteiger partial charge in [-0.1, -0.05) is 6.07 Å². The van der Waals surface area contributed by atoms with E-state index in [1.165, 1.54) is 17.5 Å². The topological polar surface area (TPSA) is 78.9 Å². The highest BCUT2D eigenvalue weighted by atomic mass is 32.2. The second-order valence-electron chi connectivity index (χ2n) is 5.06. The Kier molecular flexibility index (Phi) is 5.58. The van der Waals surface area contributed by atoms with Crippen molar-refractivity contribution in [3.8, 4) is 5.75 Å². The third-order valence-corrected chi connectivity index (χ3v) is 5.48. The molecule has 6 nitrogen and oxygen atoms in total. The molecule has 2 rings (SSSR count). The Labute approximate surface area is 125 Å². The molecule has 0 saturated carbocycles. The Balaban J connectivity index is 2.22. The average molecular weight is 314 g/mol. The zero-order valence-corrected chi connectivity index (χ0v) is 13.0. The van der Waals surface area contributed by atoms with Crippen LogP contribution >= 0.6 is 0 Å². The molecular weight excluding hydrogens is 292 g/mol. The lowest BCUT2D eigenvalue weighted by Gasteiger charge is -2.24. The van der Waals surface area contributed by atoms with Gasteiger partial charge >= 0.3 is 0 Å². The fourth-order valence-corrected chi connectivity index (χ4v) is 4.00. The quantitative estimate of drug-likeness (QED) is 0.763. The highest BCUT2D eigenvalue weighted by Gasteiger charge is 2.28. The van der Waals surface area contributed by atoms with E-state index in [1.54, 1.807) is 18.2 Å². The van der Waals surface area contributed by atoms with E-state index in [2.05, 4.69) is 5.32 Å². The van der Waals surface area contributed by atoms with Gasteiger partial charge in [-0.05, 0) is 31.5 Å². The summed E-state index contributed by atoms with van der Waals surface area (Å²) in [6.07, 6.45) is 2.01. The molecule has 1 unspecified atom stereocenters. The molecule has 1 aliphatic rings. The first-order valence-electron chi connectivity index (χ1n) is 7.06. The number of methoxy groups -OCH3 is 1. The highest BCUT2D eigenvalue weighted by molar-refractivity contribution is 7.89. The van der Waals surface area contributed by atoms with Gasteiger partial charge in [-0.3, -0.25) is 0 Å². The molecule has 1 aliphatic heterocycles. The van der Waals surface area contributed by atoms with Crippen LogP contribution < -0.4 is 10.1 Å². The summed E-state index contributed by atoms with van der Waals surface area (Å²) in [5, 5.41) is 12.4. The number of hydrogen-bond donors (Lipinski definition) is 2. The molecule has 0 bridgehead atoms. The van der Waals surface area contributed by atoms with Crippen molar-refractivity contribution in [1.82, 2.24) is 9.62 Å². The van der Waals surface area contributed by atoms with E-state index in [0.717, 1.165) is 19.4 Å². The first kappa shape index (κ1) is 16.2. The average Bonchev–Trinajstić information content (AvgIpc) is 3.00. The molecule has 0 aromatic heterocycles. The van der Waals surface area contributed by atoms with Crippen LogP contribution in [0, 0.1) is 0 Å². The zero-order valence-electron chi connectivity index (χ0n) is 12.2. The standard InChI is InChI=1S/C14H22N2O4S/c1-20-13-5-2-6-14(10-13)21(18,19)16(8-9-17)11-12-4-3-7-15-12/h2,5-6,10,12,15,17H,3-4,7-9,11H2,1H3. The first-order chi connectivity index (χ1) is 10.1. The minimum atomic E-state index is -3.63. The van der Waals surface area contributed by atoms with Crippen molar-refractivity contribution in [2.45, 2.75) is 23.8 Å². The van der Waals surface area contributed by atoms with Gasteiger partial charge in [0.1, 0.15) is 5.75 Å². The van der Waals surface area contributed by atoms with Gasteiger partial charge in [-0.25, -0.2) is 8.42 Å². The van der Waals surface area contributed by atoms with E-state index in [0.29, 0.717) is 12.3 Å². The second kappa shape index (κ2) is 7.22. The molecule has 21 heavy (non-hydrogen) atoms. The van der Waals surface area contributed by atoms with Crippen LogP contribution in [0.15, 0.2) is 29.2 Å². The van der Waals surface area contributed by atoms with Crippen LogP contribution in [-0.4, -0.2) is 57.2 Å². The molecule has 7 heteroatoms. The van der Waals surface area contributed by atoms with Crippen molar-refractivity contribution in [2.24, 2.45) is 0 Å². The fraction of sp³-hybridized carbons (Fsp3) is 0.571. The van der Waals surface area contributed by atoms with E-state index >= 15 is 0 Å². The zero-order chi connectivity index (χ0) is 15.3. The lowest BCUT2D eigenvalue weighted by atomic mass is 10.2. The van der Waals surface area contributed by atoms with Crippen molar-refractivity contribution in [1.29, 1.82) is 0 Å². The Morgan fingerprint density at radius 2 is 2.29 bits per heavy atom. The molecule has 0 radical (unpaired) electrons. The maximum Gasteiger partial charge on any atom is 0.243 e. The third kappa shape index (κ3) is 3.94. The molecule has 118 valence electrons. The van der Waals surface area contributed by atoms with E-state index in [9.17, 15) is 13.5 Å². The molecule has 1 atom stereocenters. The molecule has 2 N–H and O–H groups in total. The van der Waals surface area contributed by atoms with E-state index in [4.69, 9.17) is 4.74 Å². The van der Waals surface area contributed by atoms with Crippen LogP contribution in [0.3, 0.4) is 0 Å². The molecule has 1 aromatic rings. The predicted octanol–water partition coefficient (Wildman–Crippen LogP) is 0.430. The number of nitrogens with one attached hydrogen (secondary N) is 1. The van der Waals surface area contributed by atoms with Gasteiger partial charge in [0.05, 0.1) is 18.6 Å². The third-order valence-electron chi connectivity index (χ3n) is 3.61. The largest absolute Gasteiger partial charge is 0.497 e. The summed E-state index contributed by atoms with van der Waals surface area (Å²) in [7, 11) is -2.13. The summed E-state index contributed by atoms with van der Waals surface area (Å²) in [6, 6.07) is 6.55. The Morgan fingerprint density at radius 1 is 1.48 bits per heavy atom. The number of benzene rings is 1. The summed E-state index contributed by atoms with van der Waals surface area (Å²) in [5.41, 5.74) is 0. The van der Waals surface area contributed by atoms with E-state index in [-0.39, 0.29) is 24.1 Å². The smallest absolute Gasteiger partial charge is 0.243 e. The number of aliphatic hydroxyl groups excluding tert-OH is 1. The number of rotatable bonds is 7. The summed E-state index contributed by atoms with van der Waals surface area (Å²) >= 11 is 0. The monoisotopic (exact) mass is 314 g/mol. The van der Waals surface area contributed by atoms with Crippen molar-refractivity contribution in [3.63, 3.8) is 0 Å². The Hall–Kier alpha value is -1.15. The van der Waals surface area contributed by atoms with Crippen LogP contribution in [0.5, 0.6) is 5.75 Å². The normalized spacial score (nSPS) is 19.1. The molecule has 1 fully saturated rings. The van der Waals surface area contributed by atoms with Crippen molar-refractivity contribution >= 4 is 10.0 Å². The summed E-state index contributed by atoms with van der Waals surface area (Å²) < 4.78 is 31.8. The number of hydrogen-bond acceptors (Lipinski definition) is 5. The number of aliphatic hydroxyl groups is 1. The van der Waals surface area contributed by atoms with Crippen molar-refractivity contribution in [3.05, 3.63) is 24.3 Å². The molecule has 0 amide bonds. The van der Waals surface area contributed by atoms with Crippen LogP contribution in [0.25, 0.3) is 0 Å². The molecule has 0 aliphatic carbocycles. The molecular formula is C14H22N2O4S. The van der Waals surface area contributed by atoms with E-state index in [1.807, 2.05) is 0 Å². The summed E-state index contributed by atoms with van der Waals surface area (Å²) in [5.74, 6) is 0.499. The predicted molar refractivity (Wildman–Crippen MR) is 79.9 cm³/mol. The number of nitrogens with zero attached hydrogens (tertiary/aromatic N) is 1. The highest BCUT2D eigenvalue weighted by Crippen LogP contribution is 2.21. The van der Waals surface area contributed by atoms with Gasteiger partial charge in [0.15, 0.2) is 0 Å². The molecule has 1 aromatic carbocycles. The van der Waals surface area contributed by atoms with Gasteiger partial charge < -0.3 is 15.2 Å². The molecule has 1 heterocycles. The van der Waals surface area contributed by atoms with Gasteiger partial charge in [0.2, 0.25) is 10.0 Å². The lowest BCUT2D eigenvalue weighted by molar-refractivity contribution is 0.246. The first-order valence-corrected chi connectivity index (χ1v) is 8.50. The van der Waals surface area contributed by atoms with Crippen LogP contribution in [-0.2, 0) is 10.0 Å². The second-order valence-corrected chi connectivity index (χ2v) is 7.00. The number of sulfonamides is 1. The maximum absolute atomic E-state index is 12.7. The van der Waals surface area contributed by atoms with Crippen LogP contribution in [0.1, 0.15) is 12.8 Å². The molecule has 0 spiro atoms. The van der Waals surface area contributed by atoms with Crippen LogP contribution in [0.2, 0.25) is 0 Å². The SMILES string of the molecule is COc1cccc(S(=O)(=O)N(CCO)CC2CCCN2)c1.